The van der Waals surface area contributed by atoms with Crippen LogP contribution in [0.25, 0.3) is 0 Å². The lowest BCUT2D eigenvalue weighted by Crippen LogP contribution is -2.25. The van der Waals surface area contributed by atoms with Gasteiger partial charge >= 0.3 is 11.9 Å². The lowest BCUT2D eigenvalue weighted by molar-refractivity contribution is -0.149. The minimum Gasteiger partial charge on any atom is -0.494 e. The number of nitrogen functional groups attached to an aromatic ring is 1. The summed E-state index contributed by atoms with van der Waals surface area (Å²) in [6, 6.07) is 4.56. The van der Waals surface area contributed by atoms with Gasteiger partial charge in [0.05, 0.1) is 19.3 Å². The lowest BCUT2D eigenvalue weighted by atomic mass is 10.2. The smallest absolute Gasteiger partial charge is 0.346 e. The van der Waals surface area contributed by atoms with Crippen LogP contribution in [0.5, 0.6) is 5.75 Å². The second-order valence-corrected chi connectivity index (χ2v) is 3.79. The molecule has 1 rings (SSSR count). The monoisotopic (exact) mass is 267 g/mol. The van der Waals surface area contributed by atoms with Gasteiger partial charge in [0.25, 0.3) is 0 Å². The zero-order chi connectivity index (χ0) is 14.4. The fourth-order valence-corrected chi connectivity index (χ4v) is 1.43. The Morgan fingerprint density at radius 3 is 2.58 bits per heavy atom. The highest BCUT2D eigenvalue weighted by Gasteiger charge is 2.19. The molecule has 0 aliphatic rings. The molecule has 0 bridgehead atoms. The predicted molar refractivity (Wildman–Crippen MR) is 68.9 cm³/mol. The number of hydrogen-bond acceptors (Lipinski definition) is 6. The van der Waals surface area contributed by atoms with Gasteiger partial charge in [0.2, 0.25) is 0 Å². The van der Waals surface area contributed by atoms with E-state index >= 15 is 0 Å². The Morgan fingerprint density at radius 2 is 2.00 bits per heavy atom. The van der Waals surface area contributed by atoms with E-state index < -0.39 is 18.0 Å². The standard InChI is InChI=1S/C13H17NO5/c1-4-18-11-6-9(5-10(14)7-11)13(16)19-8(2)12(15)17-3/h5-8H,4,14H2,1-3H3. The van der Waals surface area contributed by atoms with Gasteiger partial charge in [0, 0.05) is 11.8 Å². The Hall–Kier alpha value is -2.24. The van der Waals surface area contributed by atoms with E-state index in [1.165, 1.54) is 26.2 Å². The first-order valence-electron chi connectivity index (χ1n) is 5.80. The maximum absolute atomic E-state index is 11.8. The highest BCUT2D eigenvalue weighted by atomic mass is 16.6. The fourth-order valence-electron chi connectivity index (χ4n) is 1.43. The van der Waals surface area contributed by atoms with E-state index in [9.17, 15) is 9.59 Å². The van der Waals surface area contributed by atoms with Crippen LogP contribution in [0.1, 0.15) is 24.2 Å². The molecule has 0 spiro atoms. The van der Waals surface area contributed by atoms with Gasteiger partial charge in [-0.15, -0.1) is 0 Å². The van der Waals surface area contributed by atoms with Crippen LogP contribution in [0, 0.1) is 0 Å². The van der Waals surface area contributed by atoms with Crippen molar-refractivity contribution in [2.45, 2.75) is 20.0 Å². The summed E-state index contributed by atoms with van der Waals surface area (Å²) in [5.41, 5.74) is 6.26. The summed E-state index contributed by atoms with van der Waals surface area (Å²) in [6.45, 7) is 3.70. The molecule has 0 radical (unpaired) electrons. The van der Waals surface area contributed by atoms with Gasteiger partial charge in [-0.05, 0) is 26.0 Å². The molecule has 2 N–H and O–H groups in total. The van der Waals surface area contributed by atoms with E-state index in [0.717, 1.165) is 0 Å². The zero-order valence-electron chi connectivity index (χ0n) is 11.1. The number of benzene rings is 1. The summed E-state index contributed by atoms with van der Waals surface area (Å²) < 4.78 is 14.7. The first kappa shape index (κ1) is 14.8. The van der Waals surface area contributed by atoms with Gasteiger partial charge in [0.15, 0.2) is 6.10 Å². The average Bonchev–Trinajstić information content (AvgIpc) is 2.37. The van der Waals surface area contributed by atoms with Crippen LogP contribution >= 0.6 is 0 Å². The van der Waals surface area contributed by atoms with Gasteiger partial charge in [-0.25, -0.2) is 9.59 Å². The molecule has 1 aromatic carbocycles. The van der Waals surface area contributed by atoms with Crippen molar-refractivity contribution in [1.82, 2.24) is 0 Å². The van der Waals surface area contributed by atoms with Crippen molar-refractivity contribution < 1.29 is 23.8 Å². The van der Waals surface area contributed by atoms with Crippen LogP contribution in [-0.4, -0.2) is 31.8 Å². The number of carbonyl (C=O) groups is 2. The van der Waals surface area contributed by atoms with Gasteiger partial charge in [-0.1, -0.05) is 0 Å². The third-order valence-corrected chi connectivity index (χ3v) is 2.29. The number of hydrogen-bond donors (Lipinski definition) is 1. The molecule has 0 aliphatic carbocycles. The Bertz CT molecular complexity index is 472. The van der Waals surface area contributed by atoms with Crippen LogP contribution in [0.3, 0.4) is 0 Å². The van der Waals surface area contributed by atoms with Gasteiger partial charge < -0.3 is 19.9 Å². The molecule has 0 saturated heterocycles. The van der Waals surface area contributed by atoms with E-state index in [-0.39, 0.29) is 5.56 Å². The number of esters is 2. The molecule has 1 aromatic rings. The van der Waals surface area contributed by atoms with Crippen LogP contribution < -0.4 is 10.5 Å². The number of nitrogens with two attached hydrogens (primary N) is 1. The number of ether oxygens (including phenoxy) is 3. The maximum atomic E-state index is 11.8. The van der Waals surface area contributed by atoms with Crippen molar-refractivity contribution in [1.29, 1.82) is 0 Å². The topological polar surface area (TPSA) is 87.9 Å². The maximum Gasteiger partial charge on any atom is 0.346 e. The fraction of sp³-hybridized carbons (Fsp3) is 0.385. The lowest BCUT2D eigenvalue weighted by Gasteiger charge is -2.12. The highest BCUT2D eigenvalue weighted by Crippen LogP contribution is 2.20. The zero-order valence-corrected chi connectivity index (χ0v) is 11.1. The second kappa shape index (κ2) is 6.63. The first-order chi connectivity index (χ1) is 8.97. The molecule has 0 amide bonds. The van der Waals surface area contributed by atoms with Crippen molar-refractivity contribution >= 4 is 17.6 Å². The number of anilines is 1. The third kappa shape index (κ3) is 4.17. The summed E-state index contributed by atoms with van der Waals surface area (Å²) in [5, 5.41) is 0. The Morgan fingerprint density at radius 1 is 1.32 bits per heavy atom. The van der Waals surface area contributed by atoms with Gasteiger partial charge in [-0.3, -0.25) is 0 Å². The minimum atomic E-state index is -0.977. The van der Waals surface area contributed by atoms with E-state index in [0.29, 0.717) is 18.0 Å². The van der Waals surface area contributed by atoms with E-state index in [4.69, 9.17) is 15.2 Å². The molecule has 0 aliphatic heterocycles. The third-order valence-electron chi connectivity index (χ3n) is 2.29. The van der Waals surface area contributed by atoms with Crippen LogP contribution in [0.4, 0.5) is 5.69 Å². The number of carbonyl (C=O) groups excluding carboxylic acids is 2. The summed E-state index contributed by atoms with van der Waals surface area (Å²) in [4.78, 5) is 23.0. The molecule has 6 heteroatoms. The average molecular weight is 267 g/mol. The molecule has 1 atom stereocenters. The molecule has 0 saturated carbocycles. The first-order valence-corrected chi connectivity index (χ1v) is 5.80. The van der Waals surface area contributed by atoms with Crippen molar-refractivity contribution in [2.75, 3.05) is 19.5 Å². The number of methoxy groups -OCH3 is 1. The normalized spacial score (nSPS) is 11.5. The number of rotatable bonds is 5. The van der Waals surface area contributed by atoms with Gasteiger partial charge in [0.1, 0.15) is 5.75 Å². The van der Waals surface area contributed by atoms with Gasteiger partial charge in [-0.2, -0.15) is 0 Å². The summed E-state index contributed by atoms with van der Waals surface area (Å²) in [7, 11) is 1.22. The molecule has 104 valence electrons. The molecule has 1 unspecified atom stereocenters. The molecule has 0 heterocycles. The Kier molecular flexibility index (Phi) is 5.17. The molecule has 6 nitrogen and oxygen atoms in total. The SMILES string of the molecule is CCOc1cc(N)cc(C(=O)OC(C)C(=O)OC)c1. The Labute approximate surface area is 111 Å². The second-order valence-electron chi connectivity index (χ2n) is 3.79. The quantitative estimate of drug-likeness (QED) is 0.640. The van der Waals surface area contributed by atoms with Crippen LogP contribution in [0.15, 0.2) is 18.2 Å². The van der Waals surface area contributed by atoms with E-state index in [1.807, 2.05) is 6.92 Å². The van der Waals surface area contributed by atoms with Crippen molar-refractivity contribution in [3.8, 4) is 5.75 Å². The summed E-state index contributed by atoms with van der Waals surface area (Å²) >= 11 is 0. The molecular formula is C13H17NO5. The van der Waals surface area contributed by atoms with Crippen molar-refractivity contribution in [3.05, 3.63) is 23.8 Å². The summed E-state index contributed by atoms with van der Waals surface area (Å²) in [6.07, 6.45) is -0.977. The molecular weight excluding hydrogens is 250 g/mol. The predicted octanol–water partition coefficient (Wildman–Crippen LogP) is 1.39. The van der Waals surface area contributed by atoms with Crippen LogP contribution in [0.2, 0.25) is 0 Å². The van der Waals surface area contributed by atoms with Crippen LogP contribution in [-0.2, 0) is 14.3 Å². The van der Waals surface area contributed by atoms with Crippen molar-refractivity contribution in [2.24, 2.45) is 0 Å². The van der Waals surface area contributed by atoms with E-state index in [1.54, 1.807) is 6.07 Å². The molecule has 0 aromatic heterocycles. The minimum absolute atomic E-state index is 0.221. The molecule has 19 heavy (non-hydrogen) atoms. The highest BCUT2D eigenvalue weighted by molar-refractivity contribution is 5.92. The van der Waals surface area contributed by atoms with E-state index in [2.05, 4.69) is 4.74 Å². The van der Waals surface area contributed by atoms with Crippen molar-refractivity contribution in [3.63, 3.8) is 0 Å². The summed E-state index contributed by atoms with van der Waals surface area (Å²) in [5.74, 6) is -0.811. The Balaban J connectivity index is 2.84. The largest absolute Gasteiger partial charge is 0.494 e. The molecule has 0 fully saturated rings.